The van der Waals surface area contributed by atoms with Gasteiger partial charge in [0.05, 0.1) is 5.41 Å². The SMILES string of the molecule is CCCC(=O)O[C@@H]1CC[C@]2(C)[C@H]3CCC4[C@@H]5[C@H](C(C)C)CC[C@]5(C(=O)OCc5ccccc5)CC[C@@]4(C)[C@]3(C)CC[C@H]2C1(C)C. The lowest BCUT2D eigenvalue weighted by atomic mass is 9.32. The molecule has 0 N–H and O–H groups in total. The van der Waals surface area contributed by atoms with Crippen LogP contribution >= 0.6 is 0 Å². The Kier molecular flexibility index (Phi) is 8.59. The maximum Gasteiger partial charge on any atom is 0.312 e. The van der Waals surface area contributed by atoms with E-state index in [-0.39, 0.29) is 45.1 Å². The first-order valence-electron chi connectivity index (χ1n) is 18.7. The molecule has 45 heavy (non-hydrogen) atoms. The normalized spacial score (nSPS) is 43.4. The maximum atomic E-state index is 14.3. The van der Waals surface area contributed by atoms with Crippen molar-refractivity contribution < 1.29 is 19.1 Å². The Hall–Kier alpha value is -1.84. The van der Waals surface area contributed by atoms with Gasteiger partial charge >= 0.3 is 11.9 Å². The molecule has 1 aromatic rings. The third kappa shape index (κ3) is 4.95. The zero-order chi connectivity index (χ0) is 32.4. The van der Waals surface area contributed by atoms with Gasteiger partial charge in [-0.1, -0.05) is 85.7 Å². The second kappa shape index (κ2) is 11.7. The molecule has 5 saturated carbocycles. The molecule has 6 rings (SSSR count). The van der Waals surface area contributed by atoms with Crippen molar-refractivity contribution in [2.75, 3.05) is 0 Å². The molecule has 10 atom stereocenters. The number of carbonyl (C=O) groups is 2. The molecule has 0 radical (unpaired) electrons. The van der Waals surface area contributed by atoms with E-state index in [0.717, 1.165) is 50.5 Å². The van der Waals surface area contributed by atoms with Gasteiger partial charge in [-0.15, -0.1) is 0 Å². The van der Waals surface area contributed by atoms with Crippen LogP contribution < -0.4 is 0 Å². The second-order valence-corrected chi connectivity index (χ2v) is 17.9. The van der Waals surface area contributed by atoms with Crippen LogP contribution in [-0.2, 0) is 25.7 Å². The predicted octanol–water partition coefficient (Wildman–Crippen LogP) is 10.2. The molecule has 1 unspecified atom stereocenters. The fourth-order valence-electron chi connectivity index (χ4n) is 13.2. The minimum atomic E-state index is -0.333. The molecule has 5 aliphatic carbocycles. The molecule has 1 aromatic carbocycles. The van der Waals surface area contributed by atoms with Crippen LogP contribution in [0, 0.1) is 62.6 Å². The van der Waals surface area contributed by atoms with Gasteiger partial charge in [0, 0.05) is 11.8 Å². The van der Waals surface area contributed by atoms with Crippen molar-refractivity contribution in [3.63, 3.8) is 0 Å². The summed E-state index contributed by atoms with van der Waals surface area (Å²) >= 11 is 0. The third-order valence-electron chi connectivity index (χ3n) is 15.6. The first-order valence-corrected chi connectivity index (χ1v) is 18.7. The Morgan fingerprint density at radius 2 is 1.56 bits per heavy atom. The summed E-state index contributed by atoms with van der Waals surface area (Å²) in [5.41, 5.74) is 1.42. The van der Waals surface area contributed by atoms with Gasteiger partial charge in [0.1, 0.15) is 12.7 Å². The summed E-state index contributed by atoms with van der Waals surface area (Å²) in [6.45, 7) is 20.0. The molecule has 4 heteroatoms. The van der Waals surface area contributed by atoms with Gasteiger partial charge in [-0.05, 0) is 128 Å². The number of carbonyl (C=O) groups excluding carboxylic acids is 2. The minimum Gasteiger partial charge on any atom is -0.462 e. The molecule has 0 amide bonds. The fraction of sp³-hybridized carbons (Fsp3) is 0.805. The van der Waals surface area contributed by atoms with Crippen molar-refractivity contribution in [3.05, 3.63) is 35.9 Å². The molecule has 0 heterocycles. The van der Waals surface area contributed by atoms with Gasteiger partial charge in [0.25, 0.3) is 0 Å². The van der Waals surface area contributed by atoms with Crippen molar-refractivity contribution in [2.45, 2.75) is 145 Å². The van der Waals surface area contributed by atoms with E-state index in [1.807, 2.05) is 18.2 Å². The molecule has 0 aromatic heterocycles. The number of benzene rings is 1. The highest BCUT2D eigenvalue weighted by Gasteiger charge is 2.72. The number of fused-ring (bicyclic) bond motifs is 7. The zero-order valence-corrected chi connectivity index (χ0v) is 29.8. The molecule has 0 saturated heterocycles. The van der Waals surface area contributed by atoms with E-state index in [4.69, 9.17) is 9.47 Å². The van der Waals surface area contributed by atoms with Crippen LogP contribution in [0.1, 0.15) is 138 Å². The Bertz CT molecular complexity index is 1250. The summed E-state index contributed by atoms with van der Waals surface area (Å²) in [6, 6.07) is 10.2. The molecule has 5 fully saturated rings. The first kappa shape index (κ1) is 33.1. The van der Waals surface area contributed by atoms with E-state index in [9.17, 15) is 9.59 Å². The van der Waals surface area contributed by atoms with E-state index < -0.39 is 0 Å². The lowest BCUT2D eigenvalue weighted by Gasteiger charge is -2.72. The van der Waals surface area contributed by atoms with Gasteiger partial charge in [-0.2, -0.15) is 0 Å². The molecular formula is C41H62O4. The van der Waals surface area contributed by atoms with E-state index in [1.165, 1.54) is 25.7 Å². The van der Waals surface area contributed by atoms with Crippen molar-refractivity contribution in [1.82, 2.24) is 0 Å². The topological polar surface area (TPSA) is 52.6 Å². The van der Waals surface area contributed by atoms with Gasteiger partial charge in [-0.3, -0.25) is 9.59 Å². The minimum absolute atomic E-state index is 0.0166. The number of ether oxygens (including phenoxy) is 2. The number of hydrogen-bond acceptors (Lipinski definition) is 4. The van der Waals surface area contributed by atoms with E-state index in [2.05, 4.69) is 67.5 Å². The average molecular weight is 619 g/mol. The number of hydrogen-bond donors (Lipinski definition) is 0. The van der Waals surface area contributed by atoms with Gasteiger partial charge < -0.3 is 9.47 Å². The summed E-state index contributed by atoms with van der Waals surface area (Å²) in [5, 5.41) is 0. The monoisotopic (exact) mass is 618 g/mol. The molecule has 250 valence electrons. The van der Waals surface area contributed by atoms with Crippen molar-refractivity contribution >= 4 is 11.9 Å². The number of rotatable bonds is 7. The van der Waals surface area contributed by atoms with E-state index in [1.54, 1.807) is 0 Å². The summed E-state index contributed by atoms with van der Waals surface area (Å²) in [4.78, 5) is 26.9. The van der Waals surface area contributed by atoms with Crippen LogP contribution in [0.2, 0.25) is 0 Å². The molecule has 4 nitrogen and oxygen atoms in total. The maximum absolute atomic E-state index is 14.3. The van der Waals surface area contributed by atoms with Crippen molar-refractivity contribution in [3.8, 4) is 0 Å². The molecule has 0 aliphatic heterocycles. The smallest absolute Gasteiger partial charge is 0.312 e. The van der Waals surface area contributed by atoms with Crippen molar-refractivity contribution in [1.29, 1.82) is 0 Å². The van der Waals surface area contributed by atoms with Crippen LogP contribution in [0.3, 0.4) is 0 Å². The quantitative estimate of drug-likeness (QED) is 0.285. The zero-order valence-electron chi connectivity index (χ0n) is 29.8. The molecule has 5 aliphatic rings. The first-order chi connectivity index (χ1) is 21.2. The Morgan fingerprint density at radius 1 is 0.822 bits per heavy atom. The van der Waals surface area contributed by atoms with Crippen LogP contribution in [0.4, 0.5) is 0 Å². The Balaban J connectivity index is 1.28. The van der Waals surface area contributed by atoms with E-state index >= 15 is 0 Å². The lowest BCUT2D eigenvalue weighted by molar-refractivity contribution is -0.252. The lowest BCUT2D eigenvalue weighted by Crippen LogP contribution is -2.67. The predicted molar refractivity (Wildman–Crippen MR) is 180 cm³/mol. The average Bonchev–Trinajstić information content (AvgIpc) is 3.40. The summed E-state index contributed by atoms with van der Waals surface area (Å²) in [7, 11) is 0. The second-order valence-electron chi connectivity index (χ2n) is 17.9. The third-order valence-corrected chi connectivity index (χ3v) is 15.6. The molecule has 0 spiro atoms. The van der Waals surface area contributed by atoms with Gasteiger partial charge in [0.2, 0.25) is 0 Å². The summed E-state index contributed by atoms with van der Waals surface area (Å²) in [5.74, 6) is 3.41. The summed E-state index contributed by atoms with van der Waals surface area (Å²) < 4.78 is 12.4. The van der Waals surface area contributed by atoms with Gasteiger partial charge in [0.15, 0.2) is 0 Å². The molecule has 0 bridgehead atoms. The summed E-state index contributed by atoms with van der Waals surface area (Å²) in [6.07, 6.45) is 12.7. The van der Waals surface area contributed by atoms with Crippen LogP contribution in [0.25, 0.3) is 0 Å². The van der Waals surface area contributed by atoms with Crippen LogP contribution in [-0.4, -0.2) is 18.0 Å². The standard InChI is InChI=1S/C41H62O4/c1-9-13-34(42)45-33-20-21-38(6)31(37(33,4)5)19-22-40(8)32(38)17-16-30-35-29(27(2)3)18-23-41(35,25-24-39(30,40)7)36(43)44-26-28-14-11-10-12-15-28/h10-12,14-15,27,29-33,35H,9,13,16-26H2,1-8H3/t29-,30?,31-,32+,33+,35-,38-,39+,40+,41-/m0/s1. The van der Waals surface area contributed by atoms with Gasteiger partial charge in [-0.25, -0.2) is 0 Å². The largest absolute Gasteiger partial charge is 0.462 e. The Morgan fingerprint density at radius 3 is 2.24 bits per heavy atom. The molecular weight excluding hydrogens is 556 g/mol. The van der Waals surface area contributed by atoms with Crippen LogP contribution in [0.5, 0.6) is 0 Å². The highest BCUT2D eigenvalue weighted by molar-refractivity contribution is 5.78. The van der Waals surface area contributed by atoms with Crippen LogP contribution in [0.15, 0.2) is 30.3 Å². The highest BCUT2D eigenvalue weighted by Crippen LogP contribution is 2.77. The van der Waals surface area contributed by atoms with Crippen molar-refractivity contribution in [2.24, 2.45) is 62.6 Å². The van der Waals surface area contributed by atoms with E-state index in [0.29, 0.717) is 48.5 Å². The number of esters is 2. The fourth-order valence-corrected chi connectivity index (χ4v) is 13.2. The Labute approximate surface area is 274 Å². The highest BCUT2D eigenvalue weighted by atomic mass is 16.5.